The van der Waals surface area contributed by atoms with E-state index in [4.69, 9.17) is 10.5 Å². The molecule has 2 aromatic rings. The lowest BCUT2D eigenvalue weighted by Gasteiger charge is -2.11. The Labute approximate surface area is 117 Å². The van der Waals surface area contributed by atoms with Crippen LogP contribution < -0.4 is 15.2 Å². The highest BCUT2D eigenvalue weighted by Crippen LogP contribution is 2.27. The van der Waals surface area contributed by atoms with Crippen LogP contribution in [0.4, 0.5) is 11.5 Å². The van der Waals surface area contributed by atoms with Gasteiger partial charge in [-0.05, 0) is 42.8 Å². The molecule has 106 valence electrons. The number of hydrogen-bond donors (Lipinski definition) is 2. The summed E-state index contributed by atoms with van der Waals surface area (Å²) in [5, 5.41) is 0. The van der Waals surface area contributed by atoms with Crippen LogP contribution in [0.5, 0.6) is 5.75 Å². The maximum absolute atomic E-state index is 12.4. The lowest BCUT2D eigenvalue weighted by molar-refractivity contribution is 0.403. The summed E-state index contributed by atoms with van der Waals surface area (Å²) >= 11 is 0. The molecule has 0 aliphatic rings. The molecule has 3 N–H and O–H groups in total. The van der Waals surface area contributed by atoms with E-state index in [2.05, 4.69) is 9.71 Å². The van der Waals surface area contributed by atoms with Gasteiger partial charge in [0.05, 0.1) is 7.11 Å². The Morgan fingerprint density at radius 1 is 1.25 bits per heavy atom. The molecule has 0 saturated heterocycles. The van der Waals surface area contributed by atoms with Crippen LogP contribution in [-0.4, -0.2) is 20.5 Å². The minimum atomic E-state index is -3.81. The van der Waals surface area contributed by atoms with Gasteiger partial charge in [0.1, 0.15) is 16.5 Å². The van der Waals surface area contributed by atoms with Gasteiger partial charge in [-0.2, -0.15) is 0 Å². The third-order valence-electron chi connectivity index (χ3n) is 2.63. The van der Waals surface area contributed by atoms with Crippen molar-refractivity contribution in [2.24, 2.45) is 0 Å². The largest absolute Gasteiger partial charge is 0.495 e. The van der Waals surface area contributed by atoms with E-state index in [0.29, 0.717) is 5.69 Å². The van der Waals surface area contributed by atoms with Crippen LogP contribution in [0.15, 0.2) is 41.4 Å². The lowest BCUT2D eigenvalue weighted by atomic mass is 10.3. The average molecular weight is 293 g/mol. The standard InChI is InChI=1S/C13H15N3O3S/c1-9-5-6-15-13(7-9)16-20(17,18)12-8-10(14)3-4-11(12)19-2/h3-8H,14H2,1-2H3,(H,15,16). The first-order chi connectivity index (χ1) is 9.42. The summed E-state index contributed by atoms with van der Waals surface area (Å²) in [7, 11) is -2.41. The number of nitrogens with zero attached hydrogens (tertiary/aromatic N) is 1. The third-order valence-corrected chi connectivity index (χ3v) is 4.01. The van der Waals surface area contributed by atoms with Crippen molar-refractivity contribution in [2.45, 2.75) is 11.8 Å². The number of aromatic nitrogens is 1. The first-order valence-corrected chi connectivity index (χ1v) is 7.29. The number of aryl methyl sites for hydroxylation is 1. The molecule has 0 spiro atoms. The van der Waals surface area contributed by atoms with Gasteiger partial charge in [0.15, 0.2) is 0 Å². The second-order valence-electron chi connectivity index (χ2n) is 4.23. The topological polar surface area (TPSA) is 94.3 Å². The van der Waals surface area contributed by atoms with Crippen LogP contribution >= 0.6 is 0 Å². The van der Waals surface area contributed by atoms with E-state index in [1.165, 1.54) is 25.4 Å². The molecule has 6 nitrogen and oxygen atoms in total. The molecule has 0 saturated carbocycles. The summed E-state index contributed by atoms with van der Waals surface area (Å²) in [5.41, 5.74) is 6.87. The molecule has 0 aliphatic heterocycles. The van der Waals surface area contributed by atoms with E-state index in [1.807, 2.05) is 6.92 Å². The van der Waals surface area contributed by atoms with Crippen molar-refractivity contribution in [1.29, 1.82) is 0 Å². The number of pyridine rings is 1. The summed E-state index contributed by atoms with van der Waals surface area (Å²) in [5.74, 6) is 0.467. The molecule has 0 bridgehead atoms. The summed E-state index contributed by atoms with van der Waals surface area (Å²) in [4.78, 5) is 3.94. The highest BCUT2D eigenvalue weighted by Gasteiger charge is 2.20. The van der Waals surface area contributed by atoms with Gasteiger partial charge in [0.25, 0.3) is 10.0 Å². The molecular weight excluding hydrogens is 278 g/mol. The molecule has 1 heterocycles. The molecule has 0 radical (unpaired) electrons. The van der Waals surface area contributed by atoms with Gasteiger partial charge in [0, 0.05) is 11.9 Å². The number of rotatable bonds is 4. The highest BCUT2D eigenvalue weighted by atomic mass is 32.2. The monoisotopic (exact) mass is 293 g/mol. The van der Waals surface area contributed by atoms with Crippen molar-refractivity contribution in [3.8, 4) is 5.75 Å². The van der Waals surface area contributed by atoms with Gasteiger partial charge < -0.3 is 10.5 Å². The minimum Gasteiger partial charge on any atom is -0.495 e. The van der Waals surface area contributed by atoms with E-state index < -0.39 is 10.0 Å². The predicted octanol–water partition coefficient (Wildman–Crippen LogP) is 1.78. The molecule has 0 amide bonds. The number of nitrogens with two attached hydrogens (primary N) is 1. The number of methoxy groups -OCH3 is 1. The first-order valence-electron chi connectivity index (χ1n) is 5.81. The maximum Gasteiger partial charge on any atom is 0.266 e. The predicted molar refractivity (Wildman–Crippen MR) is 77.2 cm³/mol. The van der Waals surface area contributed by atoms with Crippen molar-refractivity contribution in [1.82, 2.24) is 4.98 Å². The Balaban J connectivity index is 2.43. The van der Waals surface area contributed by atoms with E-state index in [9.17, 15) is 8.42 Å². The molecule has 1 aromatic heterocycles. The van der Waals surface area contributed by atoms with Crippen LogP contribution in [-0.2, 0) is 10.0 Å². The summed E-state index contributed by atoms with van der Waals surface area (Å²) < 4.78 is 32.2. The second kappa shape index (κ2) is 5.38. The Morgan fingerprint density at radius 3 is 2.65 bits per heavy atom. The van der Waals surface area contributed by atoms with Crippen LogP contribution in [0.1, 0.15) is 5.56 Å². The van der Waals surface area contributed by atoms with E-state index in [0.717, 1.165) is 5.56 Å². The smallest absolute Gasteiger partial charge is 0.266 e. The number of ether oxygens (including phenoxy) is 1. The fraction of sp³-hybridized carbons (Fsp3) is 0.154. The van der Waals surface area contributed by atoms with Crippen LogP contribution in [0, 0.1) is 6.92 Å². The quantitative estimate of drug-likeness (QED) is 0.838. The number of hydrogen-bond acceptors (Lipinski definition) is 5. The Bertz CT molecular complexity index is 729. The molecular formula is C13H15N3O3S. The normalized spacial score (nSPS) is 11.1. The molecule has 2 rings (SSSR count). The van der Waals surface area contributed by atoms with E-state index >= 15 is 0 Å². The van der Waals surface area contributed by atoms with Crippen molar-refractivity contribution in [3.05, 3.63) is 42.1 Å². The molecule has 0 aliphatic carbocycles. The molecule has 20 heavy (non-hydrogen) atoms. The summed E-state index contributed by atoms with van der Waals surface area (Å²) in [6.45, 7) is 1.85. The van der Waals surface area contributed by atoms with Gasteiger partial charge in [-0.25, -0.2) is 13.4 Å². The first kappa shape index (κ1) is 14.1. The van der Waals surface area contributed by atoms with E-state index in [-0.39, 0.29) is 16.5 Å². The number of sulfonamides is 1. The van der Waals surface area contributed by atoms with Crippen LogP contribution in [0.3, 0.4) is 0 Å². The fourth-order valence-corrected chi connectivity index (χ4v) is 2.89. The van der Waals surface area contributed by atoms with Crippen molar-refractivity contribution >= 4 is 21.5 Å². The Kier molecular flexibility index (Phi) is 3.80. The van der Waals surface area contributed by atoms with Crippen LogP contribution in [0.2, 0.25) is 0 Å². The zero-order valence-corrected chi connectivity index (χ0v) is 11.9. The molecule has 0 atom stereocenters. The number of nitrogens with one attached hydrogen (secondary N) is 1. The Hall–Kier alpha value is -2.28. The Morgan fingerprint density at radius 2 is 2.00 bits per heavy atom. The number of benzene rings is 1. The van der Waals surface area contributed by atoms with Crippen molar-refractivity contribution < 1.29 is 13.2 Å². The highest BCUT2D eigenvalue weighted by molar-refractivity contribution is 7.92. The van der Waals surface area contributed by atoms with Crippen molar-refractivity contribution in [2.75, 3.05) is 17.6 Å². The maximum atomic E-state index is 12.4. The third kappa shape index (κ3) is 3.00. The number of nitrogen functional groups attached to an aromatic ring is 1. The SMILES string of the molecule is COc1ccc(N)cc1S(=O)(=O)Nc1cc(C)ccn1. The number of anilines is 2. The fourth-order valence-electron chi connectivity index (χ4n) is 1.69. The van der Waals surface area contributed by atoms with Gasteiger partial charge in [-0.15, -0.1) is 0 Å². The van der Waals surface area contributed by atoms with Crippen LogP contribution in [0.25, 0.3) is 0 Å². The molecule has 0 fully saturated rings. The van der Waals surface area contributed by atoms with Gasteiger partial charge >= 0.3 is 0 Å². The van der Waals surface area contributed by atoms with Crippen molar-refractivity contribution in [3.63, 3.8) is 0 Å². The molecule has 0 unspecified atom stereocenters. The minimum absolute atomic E-state index is 0.0247. The van der Waals surface area contributed by atoms with Gasteiger partial charge in [-0.3, -0.25) is 4.72 Å². The lowest BCUT2D eigenvalue weighted by Crippen LogP contribution is -2.15. The van der Waals surface area contributed by atoms with E-state index in [1.54, 1.807) is 18.2 Å². The van der Waals surface area contributed by atoms with Gasteiger partial charge in [0.2, 0.25) is 0 Å². The zero-order chi connectivity index (χ0) is 14.8. The molecule has 1 aromatic carbocycles. The molecule has 7 heteroatoms. The summed E-state index contributed by atoms with van der Waals surface area (Å²) in [6, 6.07) is 7.84. The summed E-state index contributed by atoms with van der Waals surface area (Å²) in [6.07, 6.45) is 1.53. The van der Waals surface area contributed by atoms with Gasteiger partial charge in [-0.1, -0.05) is 0 Å². The second-order valence-corrected chi connectivity index (χ2v) is 5.89. The zero-order valence-electron chi connectivity index (χ0n) is 11.1. The average Bonchev–Trinajstić information content (AvgIpc) is 2.38.